The summed E-state index contributed by atoms with van der Waals surface area (Å²) in [7, 11) is 0. The second-order valence-corrected chi connectivity index (χ2v) is 9.21. The molecule has 1 aromatic heterocycles. The van der Waals surface area contributed by atoms with E-state index in [1.807, 2.05) is 29.0 Å². The van der Waals surface area contributed by atoms with Crippen molar-refractivity contribution in [2.45, 2.75) is 51.8 Å². The number of likely N-dealkylation sites (tertiary alicyclic amines) is 1. The lowest BCUT2D eigenvalue weighted by molar-refractivity contribution is -0.0170. The van der Waals surface area contributed by atoms with Crippen LogP contribution in [0.5, 0.6) is 11.5 Å². The molecule has 0 amide bonds. The molecule has 3 aromatic rings. The second kappa shape index (κ2) is 10.9. The summed E-state index contributed by atoms with van der Waals surface area (Å²) in [6, 6.07) is 14.5. The highest BCUT2D eigenvalue weighted by molar-refractivity contribution is 5.35. The van der Waals surface area contributed by atoms with Crippen LogP contribution in [0, 0.1) is 13.8 Å². The van der Waals surface area contributed by atoms with Crippen LogP contribution in [0.4, 0.5) is 0 Å². The number of aromatic nitrogens is 2. The average Bonchev–Trinajstić information content (AvgIpc) is 3.24. The van der Waals surface area contributed by atoms with Crippen molar-refractivity contribution in [2.75, 3.05) is 26.3 Å². The molecule has 4 rings (SSSR count). The van der Waals surface area contributed by atoms with Gasteiger partial charge in [-0.2, -0.15) is 0 Å². The summed E-state index contributed by atoms with van der Waals surface area (Å²) in [5.74, 6) is 1.75. The Kier molecular flexibility index (Phi) is 7.68. The van der Waals surface area contributed by atoms with E-state index in [9.17, 15) is 5.11 Å². The highest BCUT2D eigenvalue weighted by Gasteiger charge is 2.31. The average molecular weight is 450 g/mol. The summed E-state index contributed by atoms with van der Waals surface area (Å²) in [5, 5.41) is 11.2. The zero-order valence-electron chi connectivity index (χ0n) is 19.7. The third-order valence-electron chi connectivity index (χ3n) is 6.32. The maximum absolute atomic E-state index is 11.2. The SMILES string of the molecule is Cc1ccc(OC[C@@]2(O)CCCN(Cc3cccc(OCCn4ccnc4)c3)CC2)c(C)c1. The fourth-order valence-electron chi connectivity index (χ4n) is 4.39. The fraction of sp³-hybridized carbons (Fsp3) is 0.444. The molecule has 1 aliphatic heterocycles. The van der Waals surface area contributed by atoms with Gasteiger partial charge in [0.2, 0.25) is 0 Å². The van der Waals surface area contributed by atoms with E-state index in [1.165, 1.54) is 11.1 Å². The zero-order valence-corrected chi connectivity index (χ0v) is 19.7. The van der Waals surface area contributed by atoms with Crippen LogP contribution in [0.25, 0.3) is 0 Å². The van der Waals surface area contributed by atoms with Crippen LogP contribution >= 0.6 is 0 Å². The number of benzene rings is 2. The van der Waals surface area contributed by atoms with Crippen molar-refractivity contribution < 1.29 is 14.6 Å². The van der Waals surface area contributed by atoms with Gasteiger partial charge in [-0.05, 0) is 69.0 Å². The van der Waals surface area contributed by atoms with Crippen LogP contribution in [0.2, 0.25) is 0 Å². The minimum atomic E-state index is -0.787. The molecule has 0 unspecified atom stereocenters. The highest BCUT2D eigenvalue weighted by Crippen LogP contribution is 2.27. The van der Waals surface area contributed by atoms with Crippen molar-refractivity contribution in [2.24, 2.45) is 0 Å². The van der Waals surface area contributed by atoms with E-state index in [-0.39, 0.29) is 0 Å². The molecule has 0 bridgehead atoms. The van der Waals surface area contributed by atoms with Crippen molar-refractivity contribution >= 4 is 0 Å². The number of rotatable bonds is 9. The van der Waals surface area contributed by atoms with Gasteiger partial charge in [-0.25, -0.2) is 4.98 Å². The van der Waals surface area contributed by atoms with Gasteiger partial charge < -0.3 is 19.1 Å². The molecular weight excluding hydrogens is 414 g/mol. The van der Waals surface area contributed by atoms with Gasteiger partial charge in [-0.15, -0.1) is 0 Å². The van der Waals surface area contributed by atoms with Gasteiger partial charge in [0.15, 0.2) is 0 Å². The maximum Gasteiger partial charge on any atom is 0.122 e. The number of nitrogens with zero attached hydrogens (tertiary/aromatic N) is 3. The van der Waals surface area contributed by atoms with Crippen LogP contribution in [0.15, 0.2) is 61.2 Å². The Morgan fingerprint density at radius 1 is 1.06 bits per heavy atom. The highest BCUT2D eigenvalue weighted by atomic mass is 16.5. The Bertz CT molecular complexity index is 1020. The second-order valence-electron chi connectivity index (χ2n) is 9.21. The van der Waals surface area contributed by atoms with E-state index in [1.54, 1.807) is 12.5 Å². The third kappa shape index (κ3) is 6.83. The van der Waals surface area contributed by atoms with Gasteiger partial charge in [0, 0.05) is 25.5 Å². The Balaban J connectivity index is 1.27. The van der Waals surface area contributed by atoms with E-state index < -0.39 is 5.60 Å². The quantitative estimate of drug-likeness (QED) is 0.526. The lowest BCUT2D eigenvalue weighted by atomic mass is 9.96. The van der Waals surface area contributed by atoms with Crippen molar-refractivity contribution in [1.82, 2.24) is 14.5 Å². The first kappa shape index (κ1) is 23.3. The molecule has 1 atom stereocenters. The molecule has 1 fully saturated rings. The number of hydrogen-bond acceptors (Lipinski definition) is 5. The molecule has 2 heterocycles. The summed E-state index contributed by atoms with van der Waals surface area (Å²) < 4.78 is 14.0. The normalized spacial score (nSPS) is 19.2. The Morgan fingerprint density at radius 3 is 2.79 bits per heavy atom. The molecule has 0 radical (unpaired) electrons. The first-order valence-electron chi connectivity index (χ1n) is 11.8. The predicted molar refractivity (Wildman–Crippen MR) is 130 cm³/mol. The largest absolute Gasteiger partial charge is 0.492 e. The van der Waals surface area contributed by atoms with E-state index >= 15 is 0 Å². The molecule has 6 nitrogen and oxygen atoms in total. The topological polar surface area (TPSA) is 59.8 Å². The molecule has 176 valence electrons. The van der Waals surface area contributed by atoms with Gasteiger partial charge in [0.05, 0.1) is 18.5 Å². The molecule has 33 heavy (non-hydrogen) atoms. The number of aryl methyl sites for hydroxylation is 2. The van der Waals surface area contributed by atoms with Gasteiger partial charge in [0.25, 0.3) is 0 Å². The van der Waals surface area contributed by atoms with E-state index in [0.29, 0.717) is 19.6 Å². The predicted octanol–water partition coefficient (Wildman–Crippen LogP) is 4.37. The zero-order chi connectivity index (χ0) is 23.1. The van der Waals surface area contributed by atoms with Gasteiger partial charge >= 0.3 is 0 Å². The standard InChI is InChI=1S/C27H35N3O3/c1-22-7-8-26(23(2)17-22)33-20-27(31)9-4-12-29(13-10-27)19-24-5-3-6-25(18-24)32-16-15-30-14-11-28-21-30/h3,5-8,11,14,17-18,21,31H,4,9-10,12-13,15-16,19-20H2,1-2H3/t27-/m1/s1. The summed E-state index contributed by atoms with van der Waals surface area (Å²) >= 11 is 0. The van der Waals surface area contributed by atoms with E-state index in [4.69, 9.17) is 9.47 Å². The van der Waals surface area contributed by atoms with Crippen LogP contribution in [-0.4, -0.2) is 51.5 Å². The molecule has 2 aromatic carbocycles. The molecule has 1 N–H and O–H groups in total. The first-order chi connectivity index (χ1) is 16.0. The van der Waals surface area contributed by atoms with Crippen molar-refractivity contribution in [1.29, 1.82) is 0 Å². The number of hydrogen-bond donors (Lipinski definition) is 1. The van der Waals surface area contributed by atoms with Gasteiger partial charge in [-0.3, -0.25) is 4.90 Å². The van der Waals surface area contributed by atoms with Crippen LogP contribution in [0.3, 0.4) is 0 Å². The van der Waals surface area contributed by atoms with Crippen LogP contribution < -0.4 is 9.47 Å². The van der Waals surface area contributed by atoms with Crippen LogP contribution in [-0.2, 0) is 13.1 Å². The summed E-state index contributed by atoms with van der Waals surface area (Å²) in [5.41, 5.74) is 2.77. The Labute approximate surface area is 196 Å². The minimum Gasteiger partial charge on any atom is -0.492 e. The molecule has 0 saturated carbocycles. The maximum atomic E-state index is 11.2. The van der Waals surface area contributed by atoms with Crippen LogP contribution in [0.1, 0.15) is 36.0 Å². The molecule has 1 aliphatic rings. The smallest absolute Gasteiger partial charge is 0.122 e. The lowest BCUT2D eigenvalue weighted by Crippen LogP contribution is -2.37. The number of aliphatic hydroxyl groups is 1. The molecule has 6 heteroatoms. The molecule has 1 saturated heterocycles. The van der Waals surface area contributed by atoms with Crippen molar-refractivity contribution in [3.8, 4) is 11.5 Å². The minimum absolute atomic E-state index is 0.338. The third-order valence-corrected chi connectivity index (χ3v) is 6.32. The monoisotopic (exact) mass is 449 g/mol. The molecule has 0 aliphatic carbocycles. The lowest BCUT2D eigenvalue weighted by Gasteiger charge is -2.27. The van der Waals surface area contributed by atoms with Crippen molar-refractivity contribution in [3.63, 3.8) is 0 Å². The first-order valence-corrected chi connectivity index (χ1v) is 11.8. The Morgan fingerprint density at radius 2 is 1.97 bits per heavy atom. The van der Waals surface area contributed by atoms with E-state index in [2.05, 4.69) is 48.0 Å². The summed E-state index contributed by atoms with van der Waals surface area (Å²) in [4.78, 5) is 6.47. The fourth-order valence-corrected chi connectivity index (χ4v) is 4.39. The van der Waals surface area contributed by atoms with E-state index in [0.717, 1.165) is 56.1 Å². The number of ether oxygens (including phenoxy) is 2. The van der Waals surface area contributed by atoms with Gasteiger partial charge in [-0.1, -0.05) is 29.8 Å². The summed E-state index contributed by atoms with van der Waals surface area (Å²) in [6.07, 6.45) is 7.93. The number of imidazole rings is 1. The molecular formula is C27H35N3O3. The Hall–Kier alpha value is -2.83. The van der Waals surface area contributed by atoms with Crippen molar-refractivity contribution in [3.05, 3.63) is 77.9 Å². The molecule has 0 spiro atoms. The van der Waals surface area contributed by atoms with Gasteiger partial charge in [0.1, 0.15) is 24.7 Å². The summed E-state index contributed by atoms with van der Waals surface area (Å²) in [6.45, 7) is 8.52.